The van der Waals surface area contributed by atoms with E-state index in [0.29, 0.717) is 5.95 Å². The van der Waals surface area contributed by atoms with E-state index in [1.54, 1.807) is 6.20 Å². The Labute approximate surface area is 138 Å². The van der Waals surface area contributed by atoms with Crippen molar-refractivity contribution in [3.8, 4) is 0 Å². The highest BCUT2D eigenvalue weighted by atomic mass is 79.9. The molecule has 0 bridgehead atoms. The van der Waals surface area contributed by atoms with Crippen LogP contribution in [0, 0.1) is 0 Å². The molecule has 0 aliphatic rings. The highest BCUT2D eigenvalue weighted by molar-refractivity contribution is 9.10. The van der Waals surface area contributed by atoms with Crippen molar-refractivity contribution in [2.24, 2.45) is 0 Å². The van der Waals surface area contributed by atoms with E-state index < -0.39 is 0 Å². The Morgan fingerprint density at radius 3 is 2.90 bits per heavy atom. The van der Waals surface area contributed by atoms with Crippen molar-refractivity contribution in [2.75, 3.05) is 23.8 Å². The Morgan fingerprint density at radius 2 is 2.19 bits per heavy atom. The molecule has 0 unspecified atom stereocenters. The van der Waals surface area contributed by atoms with Crippen LogP contribution in [0.25, 0.3) is 0 Å². The maximum absolute atomic E-state index is 6.02. The summed E-state index contributed by atoms with van der Waals surface area (Å²) in [6, 6.07) is 7.84. The van der Waals surface area contributed by atoms with Crippen LogP contribution in [-0.2, 0) is 6.54 Å². The maximum atomic E-state index is 6.02. The Hall–Kier alpha value is -1.33. The summed E-state index contributed by atoms with van der Waals surface area (Å²) in [5.74, 6) is 1.50. The number of rotatable bonds is 6. The molecule has 0 fully saturated rings. The standard InChI is InChI=1S/C15H18BrClN4/c1-3-7-18-15-19-9-13(16)14(20-15)21(2)10-11-5-4-6-12(17)8-11/h4-6,8-9H,3,7,10H2,1-2H3,(H,18,19,20). The van der Waals surface area contributed by atoms with Crippen molar-refractivity contribution in [1.82, 2.24) is 9.97 Å². The Balaban J connectivity index is 2.15. The minimum absolute atomic E-state index is 0.646. The van der Waals surface area contributed by atoms with Crippen LogP contribution in [0.3, 0.4) is 0 Å². The SMILES string of the molecule is CCCNc1ncc(Br)c(N(C)Cc2cccc(Cl)c2)n1. The molecule has 1 aromatic carbocycles. The third-order valence-corrected chi connectivity index (χ3v) is 3.72. The van der Waals surface area contributed by atoms with Gasteiger partial charge in [-0.05, 0) is 40.0 Å². The van der Waals surface area contributed by atoms with E-state index in [1.165, 1.54) is 0 Å². The first-order valence-corrected chi connectivity index (χ1v) is 7.99. The van der Waals surface area contributed by atoms with Gasteiger partial charge in [0.1, 0.15) is 5.82 Å². The number of hydrogen-bond acceptors (Lipinski definition) is 4. The van der Waals surface area contributed by atoms with Crippen molar-refractivity contribution in [2.45, 2.75) is 19.9 Å². The fourth-order valence-corrected chi connectivity index (χ4v) is 2.64. The molecule has 0 atom stereocenters. The van der Waals surface area contributed by atoms with Crippen LogP contribution >= 0.6 is 27.5 Å². The van der Waals surface area contributed by atoms with Gasteiger partial charge < -0.3 is 10.2 Å². The second-order valence-corrected chi connectivity index (χ2v) is 6.07. The lowest BCUT2D eigenvalue weighted by molar-refractivity contribution is 0.879. The third-order valence-electron chi connectivity index (χ3n) is 2.93. The highest BCUT2D eigenvalue weighted by Gasteiger charge is 2.10. The summed E-state index contributed by atoms with van der Waals surface area (Å²) in [7, 11) is 2.00. The van der Waals surface area contributed by atoms with Crippen molar-refractivity contribution in [3.63, 3.8) is 0 Å². The zero-order chi connectivity index (χ0) is 15.2. The normalized spacial score (nSPS) is 10.5. The summed E-state index contributed by atoms with van der Waals surface area (Å²) >= 11 is 9.53. The minimum atomic E-state index is 0.646. The van der Waals surface area contributed by atoms with Crippen molar-refractivity contribution in [3.05, 3.63) is 45.5 Å². The maximum Gasteiger partial charge on any atom is 0.224 e. The number of hydrogen-bond donors (Lipinski definition) is 1. The lowest BCUT2D eigenvalue weighted by Crippen LogP contribution is -2.19. The molecule has 1 N–H and O–H groups in total. The van der Waals surface area contributed by atoms with Gasteiger partial charge in [-0.2, -0.15) is 4.98 Å². The van der Waals surface area contributed by atoms with Gasteiger partial charge in [-0.15, -0.1) is 0 Å². The average Bonchev–Trinajstić information content (AvgIpc) is 2.46. The van der Waals surface area contributed by atoms with Crippen LogP contribution in [0.5, 0.6) is 0 Å². The Bertz CT molecular complexity index is 606. The molecule has 2 rings (SSSR count). The third kappa shape index (κ3) is 4.58. The highest BCUT2D eigenvalue weighted by Crippen LogP contribution is 2.25. The van der Waals surface area contributed by atoms with Crippen LogP contribution < -0.4 is 10.2 Å². The molecule has 1 aromatic heterocycles. The predicted molar refractivity (Wildman–Crippen MR) is 92.1 cm³/mol. The molecule has 0 amide bonds. The smallest absolute Gasteiger partial charge is 0.224 e. The summed E-state index contributed by atoms with van der Waals surface area (Å²) in [5, 5.41) is 3.94. The first-order valence-electron chi connectivity index (χ1n) is 6.82. The molecule has 0 aliphatic carbocycles. The van der Waals surface area contributed by atoms with Crippen LogP contribution in [0.15, 0.2) is 34.9 Å². The quantitative estimate of drug-likeness (QED) is 0.822. The van der Waals surface area contributed by atoms with Gasteiger partial charge in [0, 0.05) is 31.4 Å². The van der Waals surface area contributed by atoms with E-state index >= 15 is 0 Å². The molecule has 0 radical (unpaired) electrons. The van der Waals surface area contributed by atoms with Crippen LogP contribution in [0.1, 0.15) is 18.9 Å². The molecule has 21 heavy (non-hydrogen) atoms. The van der Waals surface area contributed by atoms with E-state index in [4.69, 9.17) is 11.6 Å². The van der Waals surface area contributed by atoms with Gasteiger partial charge >= 0.3 is 0 Å². The molecular formula is C15H18BrClN4. The molecule has 0 aliphatic heterocycles. The predicted octanol–water partition coefficient (Wildman–Crippen LogP) is 4.35. The van der Waals surface area contributed by atoms with Gasteiger partial charge in [0.25, 0.3) is 0 Å². The summed E-state index contributed by atoms with van der Waals surface area (Å²) in [6.45, 7) is 3.69. The number of nitrogens with one attached hydrogen (secondary N) is 1. The largest absolute Gasteiger partial charge is 0.354 e. The number of nitrogens with zero attached hydrogens (tertiary/aromatic N) is 3. The first-order chi connectivity index (χ1) is 10.1. The van der Waals surface area contributed by atoms with Crippen LogP contribution in [-0.4, -0.2) is 23.6 Å². The second kappa shape index (κ2) is 7.61. The zero-order valence-corrected chi connectivity index (χ0v) is 14.4. The van der Waals surface area contributed by atoms with Crippen molar-refractivity contribution < 1.29 is 0 Å². The number of benzene rings is 1. The lowest BCUT2D eigenvalue weighted by Gasteiger charge is -2.20. The molecular weight excluding hydrogens is 352 g/mol. The number of anilines is 2. The Morgan fingerprint density at radius 1 is 1.38 bits per heavy atom. The topological polar surface area (TPSA) is 41.1 Å². The Kier molecular flexibility index (Phi) is 5.82. The van der Waals surface area contributed by atoms with Gasteiger partial charge in [-0.3, -0.25) is 0 Å². The second-order valence-electron chi connectivity index (χ2n) is 4.78. The summed E-state index contributed by atoms with van der Waals surface area (Å²) in [4.78, 5) is 10.9. The molecule has 0 spiro atoms. The van der Waals surface area contributed by atoms with Crippen LogP contribution in [0.4, 0.5) is 11.8 Å². The summed E-state index contributed by atoms with van der Waals surface area (Å²) in [6.07, 6.45) is 2.81. The van der Waals surface area contributed by atoms with Gasteiger partial charge in [0.15, 0.2) is 0 Å². The molecule has 0 saturated carbocycles. The van der Waals surface area contributed by atoms with E-state index in [1.807, 2.05) is 31.3 Å². The molecule has 4 nitrogen and oxygen atoms in total. The fraction of sp³-hybridized carbons (Fsp3) is 0.333. The van der Waals surface area contributed by atoms with Gasteiger partial charge in [0.2, 0.25) is 5.95 Å². The van der Waals surface area contributed by atoms with Gasteiger partial charge in [-0.25, -0.2) is 4.98 Å². The zero-order valence-electron chi connectivity index (χ0n) is 12.1. The minimum Gasteiger partial charge on any atom is -0.354 e. The summed E-state index contributed by atoms with van der Waals surface area (Å²) < 4.78 is 0.870. The van der Waals surface area contributed by atoms with E-state index in [-0.39, 0.29) is 0 Å². The average molecular weight is 370 g/mol. The monoisotopic (exact) mass is 368 g/mol. The molecule has 112 valence electrons. The molecule has 0 saturated heterocycles. The van der Waals surface area contributed by atoms with Gasteiger partial charge in [-0.1, -0.05) is 30.7 Å². The number of halogens is 2. The molecule has 1 heterocycles. The molecule has 6 heteroatoms. The van der Waals surface area contributed by atoms with E-state index in [2.05, 4.69) is 43.0 Å². The lowest BCUT2D eigenvalue weighted by atomic mass is 10.2. The van der Waals surface area contributed by atoms with E-state index in [0.717, 1.165) is 40.4 Å². The molecule has 2 aromatic rings. The van der Waals surface area contributed by atoms with Crippen molar-refractivity contribution in [1.29, 1.82) is 0 Å². The first kappa shape index (κ1) is 16.0. The fourth-order valence-electron chi connectivity index (χ4n) is 1.93. The number of aromatic nitrogens is 2. The van der Waals surface area contributed by atoms with Crippen LogP contribution in [0.2, 0.25) is 5.02 Å². The summed E-state index contributed by atoms with van der Waals surface area (Å²) in [5.41, 5.74) is 1.14. The van der Waals surface area contributed by atoms with E-state index in [9.17, 15) is 0 Å². The van der Waals surface area contributed by atoms with Gasteiger partial charge in [0.05, 0.1) is 4.47 Å². The van der Waals surface area contributed by atoms with Crippen molar-refractivity contribution >= 4 is 39.3 Å².